The van der Waals surface area contributed by atoms with Crippen molar-refractivity contribution < 1.29 is 14.3 Å². The van der Waals surface area contributed by atoms with Crippen molar-refractivity contribution in [3.63, 3.8) is 0 Å². The van der Waals surface area contributed by atoms with Crippen molar-refractivity contribution in [2.45, 2.75) is 38.3 Å². The Labute approximate surface area is 110 Å². The van der Waals surface area contributed by atoms with Gasteiger partial charge in [0.05, 0.1) is 13.2 Å². The predicted molar refractivity (Wildman–Crippen MR) is 70.6 cm³/mol. The maximum atomic E-state index is 11.6. The monoisotopic (exact) mass is 258 g/mol. The van der Waals surface area contributed by atoms with Crippen LogP contribution in [0, 0.1) is 0 Å². The predicted octanol–water partition coefficient (Wildman–Crippen LogP) is 0.638. The van der Waals surface area contributed by atoms with Crippen LogP contribution < -0.4 is 5.32 Å². The lowest BCUT2D eigenvalue weighted by Crippen LogP contribution is -2.40. The van der Waals surface area contributed by atoms with Gasteiger partial charge in [0.15, 0.2) is 0 Å². The van der Waals surface area contributed by atoms with E-state index in [9.17, 15) is 4.79 Å². The molecule has 2 unspecified atom stereocenters. The lowest BCUT2D eigenvalue weighted by molar-refractivity contribution is -0.143. The van der Waals surface area contributed by atoms with Crippen LogP contribution in [-0.2, 0) is 14.3 Å². The molecule has 0 saturated carbocycles. The Hall–Kier alpha value is -0.650. The second-order valence-electron chi connectivity index (χ2n) is 4.77. The first-order valence-corrected chi connectivity index (χ1v) is 6.77. The molecule has 1 heterocycles. The molecule has 0 aromatic rings. The molecule has 1 saturated heterocycles. The zero-order chi connectivity index (χ0) is 13.4. The summed E-state index contributed by atoms with van der Waals surface area (Å²) in [5.74, 6) is -0.161. The summed E-state index contributed by atoms with van der Waals surface area (Å²) in [6, 6.07) is -0.184. The van der Waals surface area contributed by atoms with Crippen LogP contribution in [-0.4, -0.2) is 63.4 Å². The van der Waals surface area contributed by atoms with E-state index in [1.807, 2.05) is 0 Å². The zero-order valence-electron chi connectivity index (χ0n) is 11.8. The van der Waals surface area contributed by atoms with Crippen molar-refractivity contribution in [3.8, 4) is 0 Å². The molecule has 18 heavy (non-hydrogen) atoms. The molecule has 106 valence electrons. The van der Waals surface area contributed by atoms with Crippen molar-refractivity contribution in [1.82, 2.24) is 10.2 Å². The minimum atomic E-state index is -0.184. The number of carbonyl (C=O) groups is 1. The summed E-state index contributed by atoms with van der Waals surface area (Å²) in [5.41, 5.74) is 0. The van der Waals surface area contributed by atoms with Gasteiger partial charge in [0, 0.05) is 26.7 Å². The minimum absolute atomic E-state index is 0.161. The van der Waals surface area contributed by atoms with Gasteiger partial charge in [-0.15, -0.1) is 0 Å². The number of ether oxygens (including phenoxy) is 2. The lowest BCUT2D eigenvalue weighted by atomic mass is 10.2. The van der Waals surface area contributed by atoms with E-state index in [1.54, 1.807) is 7.11 Å². The van der Waals surface area contributed by atoms with E-state index in [-0.39, 0.29) is 12.0 Å². The first-order valence-electron chi connectivity index (χ1n) is 6.77. The van der Waals surface area contributed by atoms with Crippen LogP contribution >= 0.6 is 0 Å². The second-order valence-corrected chi connectivity index (χ2v) is 4.77. The van der Waals surface area contributed by atoms with Crippen LogP contribution in [0.2, 0.25) is 0 Å². The summed E-state index contributed by atoms with van der Waals surface area (Å²) in [6.45, 7) is 5.88. The van der Waals surface area contributed by atoms with E-state index < -0.39 is 0 Å². The third-order valence-electron chi connectivity index (χ3n) is 3.42. The van der Waals surface area contributed by atoms with Gasteiger partial charge in [-0.2, -0.15) is 0 Å². The summed E-state index contributed by atoms with van der Waals surface area (Å²) < 4.78 is 10.2. The van der Waals surface area contributed by atoms with Crippen molar-refractivity contribution in [3.05, 3.63) is 0 Å². The van der Waals surface area contributed by atoms with Crippen LogP contribution in [0.25, 0.3) is 0 Å². The van der Waals surface area contributed by atoms with Crippen LogP contribution in [0.4, 0.5) is 0 Å². The van der Waals surface area contributed by atoms with E-state index in [2.05, 4.69) is 17.1 Å². The van der Waals surface area contributed by atoms with E-state index in [0.29, 0.717) is 6.10 Å². The van der Waals surface area contributed by atoms with E-state index in [4.69, 9.17) is 9.47 Å². The van der Waals surface area contributed by atoms with Gasteiger partial charge in [0.25, 0.3) is 0 Å². The maximum absolute atomic E-state index is 11.6. The van der Waals surface area contributed by atoms with Crippen molar-refractivity contribution in [2.24, 2.45) is 0 Å². The second kappa shape index (κ2) is 8.45. The molecule has 5 heteroatoms. The number of esters is 1. The topological polar surface area (TPSA) is 50.8 Å². The van der Waals surface area contributed by atoms with Crippen LogP contribution in [0.3, 0.4) is 0 Å². The molecular weight excluding hydrogens is 232 g/mol. The van der Waals surface area contributed by atoms with Crippen LogP contribution in [0.1, 0.15) is 26.2 Å². The Kier molecular flexibility index (Phi) is 7.23. The van der Waals surface area contributed by atoms with Gasteiger partial charge >= 0.3 is 5.97 Å². The van der Waals surface area contributed by atoms with E-state index >= 15 is 0 Å². The summed E-state index contributed by atoms with van der Waals surface area (Å²) in [4.78, 5) is 14.0. The largest absolute Gasteiger partial charge is 0.468 e. The molecule has 2 atom stereocenters. The highest BCUT2D eigenvalue weighted by Crippen LogP contribution is 2.12. The third kappa shape index (κ3) is 4.92. The number of rotatable bonds is 8. The third-order valence-corrected chi connectivity index (χ3v) is 3.42. The number of methoxy groups -OCH3 is 2. The number of carbonyl (C=O) groups excluding carboxylic acids is 1. The molecule has 0 aromatic heterocycles. The maximum Gasteiger partial charge on any atom is 0.322 e. The van der Waals surface area contributed by atoms with Gasteiger partial charge in [-0.3, -0.25) is 4.79 Å². The van der Waals surface area contributed by atoms with E-state index in [0.717, 1.165) is 45.4 Å². The number of likely N-dealkylation sites (tertiary alicyclic amines) is 1. The fourth-order valence-electron chi connectivity index (χ4n) is 2.27. The number of nitrogens with zero attached hydrogens (tertiary/aromatic N) is 1. The minimum Gasteiger partial charge on any atom is -0.468 e. The number of nitrogens with one attached hydrogen (secondary N) is 1. The lowest BCUT2D eigenvalue weighted by Gasteiger charge is -2.20. The molecular formula is C13H26N2O3. The first kappa shape index (κ1) is 15.4. The fraction of sp³-hybridized carbons (Fsp3) is 0.923. The molecule has 1 aliphatic rings. The molecule has 0 bridgehead atoms. The normalized spacial score (nSPS) is 22.1. The van der Waals surface area contributed by atoms with Gasteiger partial charge < -0.3 is 19.7 Å². The Morgan fingerprint density at radius 3 is 2.83 bits per heavy atom. The molecule has 1 rings (SSSR count). The van der Waals surface area contributed by atoms with Crippen LogP contribution in [0.15, 0.2) is 0 Å². The van der Waals surface area contributed by atoms with Gasteiger partial charge in [-0.25, -0.2) is 0 Å². The zero-order valence-corrected chi connectivity index (χ0v) is 11.8. The quantitative estimate of drug-likeness (QED) is 0.647. The first-order chi connectivity index (χ1) is 8.71. The van der Waals surface area contributed by atoms with Crippen molar-refractivity contribution in [2.75, 3.05) is 40.4 Å². The fourth-order valence-corrected chi connectivity index (χ4v) is 2.27. The van der Waals surface area contributed by atoms with Gasteiger partial charge in [-0.1, -0.05) is 6.92 Å². The molecule has 1 N–H and O–H groups in total. The molecule has 0 aliphatic carbocycles. The number of hydrogen-bond acceptors (Lipinski definition) is 5. The van der Waals surface area contributed by atoms with E-state index in [1.165, 1.54) is 7.11 Å². The molecule has 0 amide bonds. The van der Waals surface area contributed by atoms with Crippen molar-refractivity contribution >= 4 is 5.97 Å². The standard InChI is InChI=1S/C13H26N2O3/c1-4-7-14-12(13(16)18-3)6-9-15-8-5-11(10-15)17-2/h11-12,14H,4-10H2,1-3H3. The molecule has 0 radical (unpaired) electrons. The molecule has 5 nitrogen and oxygen atoms in total. The summed E-state index contributed by atoms with van der Waals surface area (Å²) >= 11 is 0. The Balaban J connectivity index is 2.30. The number of hydrogen-bond donors (Lipinski definition) is 1. The molecule has 1 fully saturated rings. The Morgan fingerprint density at radius 2 is 2.28 bits per heavy atom. The van der Waals surface area contributed by atoms with Gasteiger partial charge in [0.1, 0.15) is 6.04 Å². The van der Waals surface area contributed by atoms with Crippen LogP contribution in [0.5, 0.6) is 0 Å². The van der Waals surface area contributed by atoms with Crippen molar-refractivity contribution in [1.29, 1.82) is 0 Å². The summed E-state index contributed by atoms with van der Waals surface area (Å²) in [6.07, 6.45) is 3.25. The van der Waals surface area contributed by atoms with Gasteiger partial charge in [-0.05, 0) is 25.8 Å². The average molecular weight is 258 g/mol. The van der Waals surface area contributed by atoms with Gasteiger partial charge in [0.2, 0.25) is 0 Å². The Bertz CT molecular complexity index is 248. The molecule has 1 aliphatic heterocycles. The Morgan fingerprint density at radius 1 is 1.50 bits per heavy atom. The summed E-state index contributed by atoms with van der Waals surface area (Å²) in [7, 11) is 3.20. The SMILES string of the molecule is CCCNC(CCN1CCC(OC)C1)C(=O)OC. The smallest absolute Gasteiger partial charge is 0.322 e. The highest BCUT2D eigenvalue weighted by Gasteiger charge is 2.24. The highest BCUT2D eigenvalue weighted by atomic mass is 16.5. The molecule has 0 aromatic carbocycles. The average Bonchev–Trinajstić information content (AvgIpc) is 2.86. The summed E-state index contributed by atoms with van der Waals surface area (Å²) in [5, 5.41) is 3.24. The molecule has 0 spiro atoms. The highest BCUT2D eigenvalue weighted by molar-refractivity contribution is 5.75.